The minimum absolute atomic E-state index is 0.0348. The van der Waals surface area contributed by atoms with E-state index in [0.29, 0.717) is 18.8 Å². The van der Waals surface area contributed by atoms with Crippen LogP contribution in [0.3, 0.4) is 0 Å². The number of carbonyl (C=O) groups is 1. The third-order valence-corrected chi connectivity index (χ3v) is 6.97. The first-order valence-corrected chi connectivity index (χ1v) is 12.7. The first kappa shape index (κ1) is 27.3. The zero-order valence-corrected chi connectivity index (χ0v) is 22.4. The fourth-order valence-electron chi connectivity index (χ4n) is 4.86. The zero-order valence-electron chi connectivity index (χ0n) is 22.4. The number of halogens is 3. The fourth-order valence-corrected chi connectivity index (χ4v) is 4.86. The molecule has 0 radical (unpaired) electrons. The van der Waals surface area contributed by atoms with Crippen LogP contribution < -0.4 is 16.4 Å². The Morgan fingerprint density at radius 2 is 1.80 bits per heavy atom. The molecule has 1 fully saturated rings. The summed E-state index contributed by atoms with van der Waals surface area (Å²) in [5, 5.41) is 10.2. The second kappa shape index (κ2) is 10.7. The van der Waals surface area contributed by atoms with Crippen molar-refractivity contribution in [2.24, 2.45) is 7.05 Å². The van der Waals surface area contributed by atoms with E-state index in [1.807, 2.05) is 31.0 Å². The number of hydrogen-bond donors (Lipinski definition) is 3. The molecule has 2 aromatic heterocycles. The number of piperazine rings is 1. The van der Waals surface area contributed by atoms with Gasteiger partial charge >= 0.3 is 12.2 Å². The molecule has 0 bridgehead atoms. The van der Waals surface area contributed by atoms with E-state index in [2.05, 4.69) is 30.6 Å². The molecule has 0 saturated carbocycles. The van der Waals surface area contributed by atoms with Gasteiger partial charge in [-0.3, -0.25) is 14.9 Å². The summed E-state index contributed by atoms with van der Waals surface area (Å²) in [6.07, 6.45) is -2.91. The molecule has 10 nitrogen and oxygen atoms in total. The molecule has 1 aliphatic heterocycles. The smallest absolute Gasteiger partial charge is 0.368 e. The van der Waals surface area contributed by atoms with Crippen molar-refractivity contribution in [3.8, 4) is 11.3 Å². The summed E-state index contributed by atoms with van der Waals surface area (Å²) >= 11 is 0. The summed E-state index contributed by atoms with van der Waals surface area (Å²) in [5.74, 6) is 0.428. The monoisotopic (exact) mass is 553 g/mol. The molecule has 2 aromatic carbocycles. The van der Waals surface area contributed by atoms with Crippen molar-refractivity contribution in [3.05, 3.63) is 59.3 Å². The summed E-state index contributed by atoms with van der Waals surface area (Å²) in [4.78, 5) is 25.2. The predicted octanol–water partition coefficient (Wildman–Crippen LogP) is 4.33. The van der Waals surface area contributed by atoms with Crippen molar-refractivity contribution < 1.29 is 18.0 Å². The van der Waals surface area contributed by atoms with Gasteiger partial charge < -0.3 is 16.0 Å². The number of nitrogens with two attached hydrogens (primary N) is 1. The Morgan fingerprint density at radius 3 is 2.52 bits per heavy atom. The SMILES string of the molecule is Cc1cc(-c2cc(NC(=O)Nc3ccc(CN4CCN(C)CC4)c(C(F)(F)F)c3)nn2C)cc2cnc(N)nc12. The molecular weight excluding hydrogens is 523 g/mol. The van der Waals surface area contributed by atoms with Crippen molar-refractivity contribution in [2.75, 3.05) is 49.6 Å². The van der Waals surface area contributed by atoms with Gasteiger partial charge in [0, 0.05) is 68.7 Å². The number of benzene rings is 2. The quantitative estimate of drug-likeness (QED) is 0.337. The van der Waals surface area contributed by atoms with E-state index in [0.717, 1.165) is 41.2 Å². The van der Waals surface area contributed by atoms with Gasteiger partial charge in [-0.05, 0) is 49.4 Å². The third kappa shape index (κ3) is 6.00. The number of carbonyl (C=O) groups excluding carboxylic acids is 1. The number of nitrogens with one attached hydrogen (secondary N) is 2. The molecule has 5 rings (SSSR count). The van der Waals surface area contributed by atoms with Crippen molar-refractivity contribution >= 4 is 34.4 Å². The maximum Gasteiger partial charge on any atom is 0.416 e. The van der Waals surface area contributed by atoms with E-state index in [1.165, 1.54) is 12.1 Å². The molecule has 40 heavy (non-hydrogen) atoms. The van der Waals surface area contributed by atoms with Gasteiger partial charge in [-0.2, -0.15) is 18.3 Å². The minimum atomic E-state index is -4.55. The lowest BCUT2D eigenvalue weighted by atomic mass is 10.0. The van der Waals surface area contributed by atoms with Gasteiger partial charge in [0.1, 0.15) is 0 Å². The molecular formula is C27H30F3N9O. The largest absolute Gasteiger partial charge is 0.416 e. The second-order valence-corrected chi connectivity index (χ2v) is 10.0. The van der Waals surface area contributed by atoms with Gasteiger partial charge in [0.15, 0.2) is 5.82 Å². The van der Waals surface area contributed by atoms with Gasteiger partial charge in [-0.15, -0.1) is 0 Å². The van der Waals surface area contributed by atoms with Gasteiger partial charge in [-0.25, -0.2) is 14.8 Å². The van der Waals surface area contributed by atoms with Crippen LogP contribution >= 0.6 is 0 Å². The van der Waals surface area contributed by atoms with E-state index in [-0.39, 0.29) is 29.6 Å². The van der Waals surface area contributed by atoms with Gasteiger partial charge in [0.25, 0.3) is 0 Å². The number of fused-ring (bicyclic) bond motifs is 1. The van der Waals surface area contributed by atoms with Crippen LogP contribution in [0.2, 0.25) is 0 Å². The zero-order chi connectivity index (χ0) is 28.6. The highest BCUT2D eigenvalue weighted by Crippen LogP contribution is 2.35. The lowest BCUT2D eigenvalue weighted by Crippen LogP contribution is -2.44. The first-order chi connectivity index (χ1) is 19.0. The molecule has 1 saturated heterocycles. The highest BCUT2D eigenvalue weighted by Gasteiger charge is 2.34. The summed E-state index contributed by atoms with van der Waals surface area (Å²) in [6, 6.07) is 8.68. The van der Waals surface area contributed by atoms with Crippen LogP contribution in [0.4, 0.5) is 35.4 Å². The fraction of sp³-hybridized carbons (Fsp3) is 0.333. The number of alkyl halides is 3. The molecule has 0 spiro atoms. The summed E-state index contributed by atoms with van der Waals surface area (Å²) in [7, 11) is 3.72. The van der Waals surface area contributed by atoms with Crippen LogP contribution in [0.25, 0.3) is 22.2 Å². The van der Waals surface area contributed by atoms with E-state index in [4.69, 9.17) is 5.73 Å². The van der Waals surface area contributed by atoms with E-state index in [1.54, 1.807) is 24.0 Å². The maximum atomic E-state index is 13.9. The van der Waals surface area contributed by atoms with E-state index >= 15 is 0 Å². The van der Waals surface area contributed by atoms with Crippen LogP contribution in [0.1, 0.15) is 16.7 Å². The van der Waals surface area contributed by atoms with Crippen LogP contribution in [-0.4, -0.2) is 68.8 Å². The van der Waals surface area contributed by atoms with Gasteiger partial charge in [0.05, 0.1) is 16.8 Å². The number of rotatable bonds is 5. The van der Waals surface area contributed by atoms with Crippen LogP contribution in [0.15, 0.2) is 42.6 Å². The number of nitrogens with zero attached hydrogens (tertiary/aromatic N) is 6. The van der Waals surface area contributed by atoms with Crippen LogP contribution in [0, 0.1) is 6.92 Å². The summed E-state index contributed by atoms with van der Waals surface area (Å²) < 4.78 is 43.3. The Hall–Kier alpha value is -4.23. The lowest BCUT2D eigenvalue weighted by Gasteiger charge is -2.33. The molecule has 0 aliphatic carbocycles. The second-order valence-electron chi connectivity index (χ2n) is 10.0. The number of aromatic nitrogens is 4. The number of likely N-dealkylation sites (N-methyl/N-ethyl adjacent to an activating group) is 1. The Morgan fingerprint density at radius 1 is 1.05 bits per heavy atom. The summed E-state index contributed by atoms with van der Waals surface area (Å²) in [6.45, 7) is 5.11. The Kier molecular flexibility index (Phi) is 7.34. The normalized spacial score (nSPS) is 14.9. The number of nitrogen functional groups attached to an aromatic ring is 1. The molecule has 4 N–H and O–H groups in total. The highest BCUT2D eigenvalue weighted by molar-refractivity contribution is 5.99. The Labute approximate surface area is 229 Å². The van der Waals surface area contributed by atoms with Crippen LogP contribution in [-0.2, 0) is 19.8 Å². The average Bonchev–Trinajstić information content (AvgIpc) is 3.25. The maximum absolute atomic E-state index is 13.9. The first-order valence-electron chi connectivity index (χ1n) is 12.7. The van der Waals surface area contributed by atoms with E-state index in [9.17, 15) is 18.0 Å². The molecule has 0 unspecified atom stereocenters. The molecule has 4 aromatic rings. The summed E-state index contributed by atoms with van der Waals surface area (Å²) in [5.41, 5.74) is 8.33. The molecule has 210 valence electrons. The Bertz CT molecular complexity index is 1560. The number of anilines is 3. The van der Waals surface area contributed by atoms with E-state index < -0.39 is 17.8 Å². The van der Waals surface area contributed by atoms with Crippen molar-refractivity contribution in [1.82, 2.24) is 29.5 Å². The molecule has 0 atom stereocenters. The number of hydrogen-bond acceptors (Lipinski definition) is 7. The molecule has 3 heterocycles. The Balaban J connectivity index is 1.31. The molecule has 2 amide bonds. The van der Waals surface area contributed by atoms with Crippen molar-refractivity contribution in [1.29, 1.82) is 0 Å². The number of amides is 2. The standard InChI is InChI=1S/C27H30F3N9O/c1-16-10-18(11-19-14-32-25(31)35-24(16)19)22-13-23(36-38(22)3)34-26(40)33-20-5-4-17(21(12-20)27(28,29)30)15-39-8-6-37(2)7-9-39/h4-5,10-14H,6-9,15H2,1-3H3,(H2,31,32,35)(H2,33,34,36,40). The topological polar surface area (TPSA) is 117 Å². The number of aryl methyl sites for hydroxylation is 2. The van der Waals surface area contributed by atoms with Gasteiger partial charge in [0.2, 0.25) is 5.95 Å². The van der Waals surface area contributed by atoms with Crippen LogP contribution in [0.5, 0.6) is 0 Å². The van der Waals surface area contributed by atoms with Crippen molar-refractivity contribution in [2.45, 2.75) is 19.6 Å². The number of urea groups is 1. The minimum Gasteiger partial charge on any atom is -0.368 e. The molecule has 1 aliphatic rings. The third-order valence-electron chi connectivity index (χ3n) is 6.97. The lowest BCUT2D eigenvalue weighted by molar-refractivity contribution is -0.138. The van der Waals surface area contributed by atoms with Gasteiger partial charge in [-0.1, -0.05) is 6.07 Å². The predicted molar refractivity (Wildman–Crippen MR) is 148 cm³/mol. The highest BCUT2D eigenvalue weighted by atomic mass is 19.4. The van der Waals surface area contributed by atoms with Crippen molar-refractivity contribution in [3.63, 3.8) is 0 Å². The molecule has 13 heteroatoms. The average molecular weight is 554 g/mol.